The standard InChI is InChI=1S/C23H24N2O3S/c1-18-5-7-20(8-6-18)13-15-29(26,27)25-19(2)22-9-11-23(12-10-22)28-17-21-4-3-14-24-16-21/h3-16,19,25H,17H2,1-2H3/b15-13+. The van der Waals surface area contributed by atoms with Gasteiger partial charge in [-0.3, -0.25) is 4.98 Å². The van der Waals surface area contributed by atoms with Gasteiger partial charge in [0.05, 0.1) is 0 Å². The lowest BCUT2D eigenvalue weighted by Crippen LogP contribution is -2.24. The molecule has 3 rings (SSSR count). The van der Waals surface area contributed by atoms with E-state index in [-0.39, 0.29) is 6.04 Å². The fourth-order valence-corrected chi connectivity index (χ4v) is 3.75. The summed E-state index contributed by atoms with van der Waals surface area (Å²) in [6, 6.07) is 18.5. The Morgan fingerprint density at radius 2 is 1.79 bits per heavy atom. The molecule has 150 valence electrons. The Hall–Kier alpha value is -2.96. The minimum absolute atomic E-state index is 0.366. The molecule has 1 atom stereocenters. The van der Waals surface area contributed by atoms with Gasteiger partial charge in [0.15, 0.2) is 0 Å². The smallest absolute Gasteiger partial charge is 0.234 e. The van der Waals surface area contributed by atoms with Gasteiger partial charge in [0.2, 0.25) is 10.0 Å². The normalized spacial score (nSPS) is 12.8. The molecule has 0 bridgehead atoms. The molecule has 0 saturated heterocycles. The van der Waals surface area contributed by atoms with Crippen LogP contribution in [-0.4, -0.2) is 13.4 Å². The summed E-state index contributed by atoms with van der Waals surface area (Å²) in [7, 11) is -3.56. The lowest BCUT2D eigenvalue weighted by molar-refractivity contribution is 0.305. The molecule has 6 heteroatoms. The van der Waals surface area contributed by atoms with E-state index in [0.717, 1.165) is 22.3 Å². The molecule has 5 nitrogen and oxygen atoms in total. The van der Waals surface area contributed by atoms with Crippen LogP contribution in [0.2, 0.25) is 0 Å². The predicted molar refractivity (Wildman–Crippen MR) is 116 cm³/mol. The molecule has 0 saturated carbocycles. The number of pyridine rings is 1. The molecule has 1 heterocycles. The Labute approximate surface area is 172 Å². The van der Waals surface area contributed by atoms with Crippen LogP contribution in [0.4, 0.5) is 0 Å². The number of hydrogen-bond acceptors (Lipinski definition) is 4. The first kappa shape index (κ1) is 20.8. The number of benzene rings is 2. The van der Waals surface area contributed by atoms with Crippen molar-refractivity contribution >= 4 is 16.1 Å². The lowest BCUT2D eigenvalue weighted by atomic mass is 10.1. The summed E-state index contributed by atoms with van der Waals surface area (Å²) < 4.78 is 33.1. The Bertz CT molecular complexity index is 1050. The number of nitrogens with zero attached hydrogens (tertiary/aromatic N) is 1. The van der Waals surface area contributed by atoms with Gasteiger partial charge in [0.25, 0.3) is 0 Å². The van der Waals surface area contributed by atoms with Crippen molar-refractivity contribution in [3.05, 3.63) is 101 Å². The molecule has 0 amide bonds. The second-order valence-corrected chi connectivity index (χ2v) is 8.41. The molecule has 1 unspecified atom stereocenters. The van der Waals surface area contributed by atoms with Crippen molar-refractivity contribution in [1.29, 1.82) is 0 Å². The SMILES string of the molecule is Cc1ccc(/C=C/S(=O)(=O)NC(C)c2ccc(OCc3cccnc3)cc2)cc1. The van der Waals surface area contributed by atoms with Crippen molar-refractivity contribution in [2.45, 2.75) is 26.5 Å². The van der Waals surface area contributed by atoms with Crippen LogP contribution in [0.5, 0.6) is 5.75 Å². The molecule has 1 N–H and O–H groups in total. The monoisotopic (exact) mass is 408 g/mol. The van der Waals surface area contributed by atoms with Gasteiger partial charge < -0.3 is 4.74 Å². The van der Waals surface area contributed by atoms with Gasteiger partial charge in [-0.15, -0.1) is 0 Å². The highest BCUT2D eigenvalue weighted by molar-refractivity contribution is 7.92. The van der Waals surface area contributed by atoms with Crippen LogP contribution in [-0.2, 0) is 16.6 Å². The van der Waals surface area contributed by atoms with E-state index in [1.807, 2.05) is 74.5 Å². The zero-order valence-corrected chi connectivity index (χ0v) is 17.3. The van der Waals surface area contributed by atoms with E-state index in [1.54, 1.807) is 18.5 Å². The number of hydrogen-bond donors (Lipinski definition) is 1. The maximum absolute atomic E-state index is 12.4. The maximum atomic E-state index is 12.4. The van der Waals surface area contributed by atoms with Crippen LogP contribution in [0.1, 0.15) is 35.2 Å². The lowest BCUT2D eigenvalue weighted by Gasteiger charge is -2.14. The van der Waals surface area contributed by atoms with E-state index in [0.29, 0.717) is 12.4 Å². The Kier molecular flexibility index (Phi) is 6.80. The molecular weight excluding hydrogens is 384 g/mol. The maximum Gasteiger partial charge on any atom is 0.234 e. The predicted octanol–water partition coefficient (Wildman–Crippen LogP) is 4.62. The van der Waals surface area contributed by atoms with Crippen molar-refractivity contribution in [2.24, 2.45) is 0 Å². The van der Waals surface area contributed by atoms with Gasteiger partial charge in [-0.25, -0.2) is 13.1 Å². The van der Waals surface area contributed by atoms with Crippen LogP contribution >= 0.6 is 0 Å². The second-order valence-electron chi connectivity index (χ2n) is 6.82. The van der Waals surface area contributed by atoms with Crippen molar-refractivity contribution in [3.63, 3.8) is 0 Å². The Morgan fingerprint density at radius 1 is 1.07 bits per heavy atom. The minimum atomic E-state index is -3.56. The number of nitrogens with one attached hydrogen (secondary N) is 1. The number of sulfonamides is 1. The molecule has 0 aliphatic rings. The average molecular weight is 409 g/mol. The van der Waals surface area contributed by atoms with Crippen molar-refractivity contribution < 1.29 is 13.2 Å². The van der Waals surface area contributed by atoms with E-state index >= 15 is 0 Å². The van der Waals surface area contributed by atoms with Crippen LogP contribution in [0.3, 0.4) is 0 Å². The minimum Gasteiger partial charge on any atom is -0.489 e. The summed E-state index contributed by atoms with van der Waals surface area (Å²) in [5.41, 5.74) is 3.80. The number of aromatic nitrogens is 1. The summed E-state index contributed by atoms with van der Waals surface area (Å²) in [5, 5.41) is 1.19. The summed E-state index contributed by atoms with van der Waals surface area (Å²) in [6.07, 6.45) is 5.07. The Balaban J connectivity index is 1.57. The Morgan fingerprint density at radius 3 is 2.45 bits per heavy atom. The molecular formula is C23H24N2O3S. The highest BCUT2D eigenvalue weighted by Crippen LogP contribution is 2.19. The molecule has 0 radical (unpaired) electrons. The number of rotatable bonds is 8. The van der Waals surface area contributed by atoms with Gasteiger partial charge >= 0.3 is 0 Å². The molecule has 29 heavy (non-hydrogen) atoms. The van der Waals surface area contributed by atoms with E-state index < -0.39 is 10.0 Å². The van der Waals surface area contributed by atoms with Crippen molar-refractivity contribution in [1.82, 2.24) is 9.71 Å². The number of ether oxygens (including phenoxy) is 1. The summed E-state index contributed by atoms with van der Waals surface area (Å²) >= 11 is 0. The summed E-state index contributed by atoms with van der Waals surface area (Å²) in [4.78, 5) is 4.06. The largest absolute Gasteiger partial charge is 0.489 e. The third-order valence-corrected chi connectivity index (χ3v) is 5.54. The molecule has 0 fully saturated rings. The number of aryl methyl sites for hydroxylation is 1. The zero-order chi connectivity index (χ0) is 20.7. The molecule has 0 aliphatic heterocycles. The first-order valence-corrected chi connectivity index (χ1v) is 10.8. The van der Waals surface area contributed by atoms with Gasteiger partial charge in [-0.1, -0.05) is 48.0 Å². The van der Waals surface area contributed by atoms with Crippen LogP contribution < -0.4 is 9.46 Å². The van der Waals surface area contributed by atoms with Crippen LogP contribution in [0.15, 0.2) is 78.5 Å². The van der Waals surface area contributed by atoms with Gasteiger partial charge in [-0.05, 0) is 49.2 Å². The fraction of sp³-hybridized carbons (Fsp3) is 0.174. The quantitative estimate of drug-likeness (QED) is 0.590. The van der Waals surface area contributed by atoms with E-state index in [2.05, 4.69) is 9.71 Å². The first-order valence-electron chi connectivity index (χ1n) is 9.30. The van der Waals surface area contributed by atoms with Crippen LogP contribution in [0, 0.1) is 6.92 Å². The van der Waals surface area contributed by atoms with Gasteiger partial charge in [0, 0.05) is 29.4 Å². The molecule has 0 spiro atoms. The van der Waals surface area contributed by atoms with E-state index in [1.165, 1.54) is 5.41 Å². The topological polar surface area (TPSA) is 68.3 Å². The average Bonchev–Trinajstić information content (AvgIpc) is 2.73. The second kappa shape index (κ2) is 9.49. The van der Waals surface area contributed by atoms with E-state index in [4.69, 9.17) is 4.74 Å². The third kappa shape index (κ3) is 6.55. The summed E-state index contributed by atoms with van der Waals surface area (Å²) in [5.74, 6) is 0.715. The summed E-state index contributed by atoms with van der Waals surface area (Å²) in [6.45, 7) is 4.23. The van der Waals surface area contributed by atoms with Crippen molar-refractivity contribution in [2.75, 3.05) is 0 Å². The highest BCUT2D eigenvalue weighted by Gasteiger charge is 2.13. The first-order chi connectivity index (χ1) is 13.9. The molecule has 2 aromatic carbocycles. The van der Waals surface area contributed by atoms with Crippen molar-refractivity contribution in [3.8, 4) is 5.75 Å². The molecule has 0 aliphatic carbocycles. The van der Waals surface area contributed by atoms with Crippen LogP contribution in [0.25, 0.3) is 6.08 Å². The highest BCUT2D eigenvalue weighted by atomic mass is 32.2. The fourth-order valence-electron chi connectivity index (χ4n) is 2.70. The zero-order valence-electron chi connectivity index (χ0n) is 16.4. The third-order valence-electron chi connectivity index (χ3n) is 4.37. The van der Waals surface area contributed by atoms with E-state index in [9.17, 15) is 8.42 Å². The molecule has 3 aromatic rings. The molecule has 1 aromatic heterocycles. The van der Waals surface area contributed by atoms with Gasteiger partial charge in [0.1, 0.15) is 12.4 Å². The van der Waals surface area contributed by atoms with Gasteiger partial charge in [-0.2, -0.15) is 0 Å².